The van der Waals surface area contributed by atoms with Crippen LogP contribution < -0.4 is 5.73 Å². The molecule has 0 unspecified atom stereocenters. The van der Waals surface area contributed by atoms with E-state index in [1.165, 1.54) is 12.4 Å². The van der Waals surface area contributed by atoms with Crippen molar-refractivity contribution >= 4 is 23.4 Å². The molecule has 3 rings (SSSR count). The van der Waals surface area contributed by atoms with Crippen LogP contribution in [0.15, 0.2) is 24.8 Å². The molecule has 11 nitrogen and oxygen atoms in total. The second-order valence-electron chi connectivity index (χ2n) is 5.75. The number of nitrogens with one attached hydrogen (secondary N) is 1. The lowest BCUT2D eigenvalue weighted by Gasteiger charge is -2.01. The van der Waals surface area contributed by atoms with Crippen LogP contribution >= 0.6 is 0 Å². The fraction of sp³-hybridized carbons (Fsp3) is 0.389. The largest absolute Gasteiger partial charge is 0.462 e. The predicted molar refractivity (Wildman–Crippen MR) is 103 cm³/mol. The van der Waals surface area contributed by atoms with Gasteiger partial charge in [0.2, 0.25) is 0 Å². The van der Waals surface area contributed by atoms with E-state index >= 15 is 0 Å². The van der Waals surface area contributed by atoms with Gasteiger partial charge in [-0.1, -0.05) is 0 Å². The zero-order valence-electron chi connectivity index (χ0n) is 16.3. The Kier molecular flexibility index (Phi) is 8.10. The van der Waals surface area contributed by atoms with Gasteiger partial charge < -0.3 is 20.3 Å². The van der Waals surface area contributed by atoms with Gasteiger partial charge in [-0.25, -0.2) is 19.1 Å². The van der Waals surface area contributed by atoms with Crippen molar-refractivity contribution in [3.63, 3.8) is 0 Å². The Bertz CT molecular complexity index is 951. The number of anilines is 1. The number of ether oxygens (including phenoxy) is 2. The van der Waals surface area contributed by atoms with Gasteiger partial charge in [0.15, 0.2) is 5.65 Å². The first-order chi connectivity index (χ1) is 14.0. The maximum absolute atomic E-state index is 11.6. The number of nitrogens with zero attached hydrogens (tertiary/aromatic N) is 4. The maximum Gasteiger partial charge on any atom is 0.343 e. The first kappa shape index (κ1) is 21.8. The number of rotatable bonds is 7. The van der Waals surface area contributed by atoms with Crippen molar-refractivity contribution in [2.24, 2.45) is 0 Å². The summed E-state index contributed by atoms with van der Waals surface area (Å²) in [5.74, 6) is -0.620. The Morgan fingerprint density at radius 1 is 1.14 bits per heavy atom. The number of carbonyl (C=O) groups is 2. The molecule has 0 bridgehead atoms. The molecule has 0 aliphatic rings. The lowest BCUT2D eigenvalue weighted by atomic mass is 10.2. The van der Waals surface area contributed by atoms with E-state index in [1.54, 1.807) is 30.8 Å². The smallest absolute Gasteiger partial charge is 0.343 e. The predicted octanol–water partition coefficient (Wildman–Crippen LogP) is 0.999. The van der Waals surface area contributed by atoms with Gasteiger partial charge in [-0.2, -0.15) is 10.2 Å². The highest BCUT2D eigenvalue weighted by Crippen LogP contribution is 2.11. The van der Waals surface area contributed by atoms with E-state index in [9.17, 15) is 9.59 Å². The highest BCUT2D eigenvalue weighted by molar-refractivity contribution is 5.95. The highest BCUT2D eigenvalue weighted by Gasteiger charge is 2.15. The molecule has 4 N–H and O–H groups in total. The number of fused-ring (bicyclic) bond motifs is 1. The molecule has 0 spiro atoms. The quantitative estimate of drug-likeness (QED) is 0.488. The lowest BCUT2D eigenvalue weighted by Crippen LogP contribution is -2.05. The fourth-order valence-corrected chi connectivity index (χ4v) is 2.35. The van der Waals surface area contributed by atoms with E-state index in [1.807, 2.05) is 0 Å². The summed E-state index contributed by atoms with van der Waals surface area (Å²) in [7, 11) is 0. The lowest BCUT2D eigenvalue weighted by molar-refractivity contribution is 0.0518. The molecule has 0 aliphatic heterocycles. The van der Waals surface area contributed by atoms with E-state index in [4.69, 9.17) is 15.6 Å². The number of nitrogens with two attached hydrogens (primary N) is 1. The van der Waals surface area contributed by atoms with Gasteiger partial charge in [0.05, 0.1) is 25.6 Å². The molecule has 3 heterocycles. The van der Waals surface area contributed by atoms with Crippen LogP contribution in [0.1, 0.15) is 46.5 Å². The zero-order chi connectivity index (χ0) is 21.2. The van der Waals surface area contributed by atoms with Crippen molar-refractivity contribution in [3.8, 4) is 0 Å². The van der Waals surface area contributed by atoms with Crippen molar-refractivity contribution in [2.45, 2.75) is 26.7 Å². The Morgan fingerprint density at radius 3 is 2.41 bits per heavy atom. The average molecular weight is 404 g/mol. The minimum Gasteiger partial charge on any atom is -0.462 e. The number of nitrogen functional groups attached to an aromatic ring is 1. The number of esters is 2. The first-order valence-electron chi connectivity index (χ1n) is 9.07. The van der Waals surface area contributed by atoms with Gasteiger partial charge in [0, 0.05) is 19.0 Å². The first-order valence-corrected chi connectivity index (χ1v) is 9.07. The number of carbonyl (C=O) groups excluding carboxylic acids is 2. The minimum absolute atomic E-state index is 0.144. The summed E-state index contributed by atoms with van der Waals surface area (Å²) in [4.78, 5) is 26.8. The van der Waals surface area contributed by atoms with E-state index < -0.39 is 11.9 Å². The number of aromatic amines is 1. The van der Waals surface area contributed by atoms with Crippen molar-refractivity contribution < 1.29 is 24.2 Å². The van der Waals surface area contributed by atoms with E-state index in [0.717, 1.165) is 12.0 Å². The summed E-state index contributed by atoms with van der Waals surface area (Å²) < 4.78 is 11.2. The van der Waals surface area contributed by atoms with Crippen LogP contribution in [0, 0.1) is 0 Å². The van der Waals surface area contributed by atoms with Crippen LogP contribution in [0.2, 0.25) is 0 Å². The molecule has 3 aromatic heterocycles. The molecule has 0 atom stereocenters. The van der Waals surface area contributed by atoms with Gasteiger partial charge in [-0.15, -0.1) is 0 Å². The van der Waals surface area contributed by atoms with Crippen LogP contribution in [0.4, 0.5) is 5.82 Å². The Balaban J connectivity index is 0.000000234. The number of H-pyrrole nitrogens is 1. The van der Waals surface area contributed by atoms with Crippen LogP contribution in [-0.2, 0) is 15.9 Å². The maximum atomic E-state index is 11.6. The summed E-state index contributed by atoms with van der Waals surface area (Å²) in [6, 6.07) is 0. The number of aromatic nitrogens is 5. The molecule has 0 aliphatic carbocycles. The zero-order valence-corrected chi connectivity index (χ0v) is 16.3. The molecule has 11 heteroatoms. The van der Waals surface area contributed by atoms with Gasteiger partial charge in [0.1, 0.15) is 16.9 Å². The van der Waals surface area contributed by atoms with Gasteiger partial charge >= 0.3 is 11.9 Å². The fourth-order valence-electron chi connectivity index (χ4n) is 2.35. The summed E-state index contributed by atoms with van der Waals surface area (Å²) in [5.41, 5.74) is 7.46. The highest BCUT2D eigenvalue weighted by atomic mass is 16.5. The molecule has 0 fully saturated rings. The van der Waals surface area contributed by atoms with Crippen molar-refractivity contribution in [1.82, 2.24) is 24.8 Å². The van der Waals surface area contributed by atoms with Crippen LogP contribution in [-0.4, -0.2) is 61.7 Å². The van der Waals surface area contributed by atoms with Gasteiger partial charge in [-0.05, 0) is 32.3 Å². The summed E-state index contributed by atoms with van der Waals surface area (Å²) in [6.07, 6.45) is 7.70. The Hall–Kier alpha value is -3.47. The number of hydrogen-bond donors (Lipinski definition) is 3. The third-order valence-corrected chi connectivity index (χ3v) is 3.69. The van der Waals surface area contributed by atoms with Crippen LogP contribution in [0.5, 0.6) is 0 Å². The van der Waals surface area contributed by atoms with Crippen molar-refractivity contribution in [2.75, 3.05) is 25.6 Å². The van der Waals surface area contributed by atoms with E-state index in [2.05, 4.69) is 25.0 Å². The van der Waals surface area contributed by atoms with Crippen molar-refractivity contribution in [3.05, 3.63) is 41.5 Å². The Labute approximate surface area is 166 Å². The number of aliphatic hydroxyl groups excluding tert-OH is 1. The standard InChI is InChI=1S/C12H15N3O3.C6H9N3O2/c1-2-18-12(17)10-7-14-15-8-9(4-3-5-16)6-13-11(10)15;1-2-11-6(10)4-3-8-9-5(4)7/h6-8,16H,2-5H2,1H3;3H,2H2,1H3,(H3,7,8,9). The SMILES string of the molecule is CCOC(=O)c1cn[nH]c1N.CCOC(=O)c1cnn2cc(CCCO)cnc12. The average Bonchev–Trinajstić information content (AvgIpc) is 3.33. The molecular formula is C18H24N6O5. The molecule has 29 heavy (non-hydrogen) atoms. The number of aliphatic hydroxyl groups is 1. The molecule has 0 amide bonds. The number of hydrogen-bond acceptors (Lipinski definition) is 9. The molecule has 0 saturated carbocycles. The second kappa shape index (κ2) is 10.8. The third-order valence-electron chi connectivity index (χ3n) is 3.69. The summed E-state index contributed by atoms with van der Waals surface area (Å²) in [6.45, 7) is 4.29. The minimum atomic E-state index is -0.446. The molecule has 0 aromatic carbocycles. The Morgan fingerprint density at radius 2 is 1.83 bits per heavy atom. The number of aryl methyl sites for hydroxylation is 1. The van der Waals surface area contributed by atoms with Crippen LogP contribution in [0.25, 0.3) is 5.65 Å². The summed E-state index contributed by atoms with van der Waals surface area (Å²) in [5, 5.41) is 18.9. The monoisotopic (exact) mass is 404 g/mol. The third kappa shape index (κ3) is 5.75. The summed E-state index contributed by atoms with van der Waals surface area (Å²) >= 11 is 0. The molecule has 0 saturated heterocycles. The van der Waals surface area contributed by atoms with E-state index in [-0.39, 0.29) is 18.0 Å². The van der Waals surface area contributed by atoms with Gasteiger partial charge in [0.25, 0.3) is 0 Å². The van der Waals surface area contributed by atoms with Crippen molar-refractivity contribution in [1.29, 1.82) is 0 Å². The topological polar surface area (TPSA) is 158 Å². The van der Waals surface area contributed by atoms with Crippen LogP contribution in [0.3, 0.4) is 0 Å². The molecular weight excluding hydrogens is 380 g/mol. The molecule has 156 valence electrons. The second-order valence-corrected chi connectivity index (χ2v) is 5.75. The van der Waals surface area contributed by atoms with Gasteiger partial charge in [-0.3, -0.25) is 5.10 Å². The van der Waals surface area contributed by atoms with E-state index in [0.29, 0.717) is 30.8 Å². The molecule has 3 aromatic rings. The molecule has 0 radical (unpaired) electrons. The normalized spacial score (nSPS) is 10.3.